The number of phenols is 1. The fraction of sp³-hybridized carbons (Fsp3) is 0.167. The van der Waals surface area contributed by atoms with Crippen molar-refractivity contribution in [2.75, 3.05) is 11.9 Å². The van der Waals surface area contributed by atoms with Crippen LogP contribution in [-0.4, -0.2) is 27.5 Å². The van der Waals surface area contributed by atoms with Crippen molar-refractivity contribution in [1.82, 2.24) is 4.98 Å². The molecule has 8 nitrogen and oxygen atoms in total. The average molecular weight is 308 g/mol. The van der Waals surface area contributed by atoms with Gasteiger partial charge in [-0.25, -0.2) is 4.98 Å². The van der Waals surface area contributed by atoms with Crippen LogP contribution in [0.3, 0.4) is 0 Å². The Morgan fingerprint density at radius 3 is 2.95 bits per heavy atom. The minimum absolute atomic E-state index is 0.126. The molecular formula is C12H12N4O4S. The van der Waals surface area contributed by atoms with Gasteiger partial charge in [0.25, 0.3) is 11.6 Å². The normalized spacial score (nSPS) is 10.3. The maximum atomic E-state index is 12.0. The van der Waals surface area contributed by atoms with Crippen molar-refractivity contribution in [2.45, 2.75) is 6.42 Å². The van der Waals surface area contributed by atoms with E-state index in [1.807, 2.05) is 0 Å². The summed E-state index contributed by atoms with van der Waals surface area (Å²) in [4.78, 5) is 26.3. The van der Waals surface area contributed by atoms with Gasteiger partial charge in [-0.05, 0) is 12.6 Å². The van der Waals surface area contributed by atoms with Gasteiger partial charge in [0.15, 0.2) is 5.69 Å². The monoisotopic (exact) mass is 308 g/mol. The standard InChI is InChI=1S/C12H12N4O4S/c13-5-4-10-14-7(6-21-10)12(18)15-11-8(16(19)20)2-1-3-9(11)17/h1-3,6,17H,4-5,13H2,(H,15,18). The third kappa shape index (κ3) is 3.33. The Kier molecular flexibility index (Phi) is 4.45. The summed E-state index contributed by atoms with van der Waals surface area (Å²) in [6, 6.07) is 3.77. The number of rotatable bonds is 5. The number of carbonyl (C=O) groups is 1. The maximum absolute atomic E-state index is 12.0. The molecule has 0 aliphatic rings. The topological polar surface area (TPSA) is 131 Å². The summed E-state index contributed by atoms with van der Waals surface area (Å²) in [6.45, 7) is 0.416. The Morgan fingerprint density at radius 1 is 1.52 bits per heavy atom. The molecule has 1 amide bonds. The lowest BCUT2D eigenvalue weighted by atomic mass is 10.2. The average Bonchev–Trinajstić information content (AvgIpc) is 2.90. The molecule has 0 unspecified atom stereocenters. The van der Waals surface area contributed by atoms with Gasteiger partial charge in [-0.2, -0.15) is 0 Å². The number of benzene rings is 1. The van der Waals surface area contributed by atoms with Gasteiger partial charge in [0, 0.05) is 17.9 Å². The summed E-state index contributed by atoms with van der Waals surface area (Å²) in [6.07, 6.45) is 0.550. The Morgan fingerprint density at radius 2 is 2.29 bits per heavy atom. The van der Waals surface area contributed by atoms with Crippen LogP contribution in [0.5, 0.6) is 5.75 Å². The SMILES string of the molecule is NCCc1nc(C(=O)Nc2c(O)cccc2[N+](=O)[O-])cs1. The second-order valence-corrected chi connectivity index (χ2v) is 4.99. The van der Waals surface area contributed by atoms with E-state index in [0.717, 1.165) is 0 Å². The summed E-state index contributed by atoms with van der Waals surface area (Å²) in [5.74, 6) is -1.01. The molecule has 0 radical (unpaired) electrons. The van der Waals surface area contributed by atoms with Crippen LogP contribution in [0, 0.1) is 10.1 Å². The number of carbonyl (C=O) groups excluding carboxylic acids is 1. The second kappa shape index (κ2) is 6.29. The number of nitro benzene ring substituents is 1. The molecule has 0 aliphatic carbocycles. The van der Waals surface area contributed by atoms with Crippen LogP contribution >= 0.6 is 11.3 Å². The third-order valence-electron chi connectivity index (χ3n) is 2.60. The largest absolute Gasteiger partial charge is 0.505 e. The number of aromatic nitrogens is 1. The summed E-state index contributed by atoms with van der Waals surface area (Å²) >= 11 is 1.28. The molecule has 2 aromatic rings. The first-order valence-corrected chi connectivity index (χ1v) is 6.83. The Labute approximate surface area is 123 Å². The molecular weight excluding hydrogens is 296 g/mol. The van der Waals surface area contributed by atoms with Gasteiger partial charge in [0.05, 0.1) is 9.93 Å². The molecule has 4 N–H and O–H groups in total. The van der Waals surface area contributed by atoms with E-state index in [0.29, 0.717) is 18.0 Å². The van der Waals surface area contributed by atoms with Crippen LogP contribution in [0.2, 0.25) is 0 Å². The van der Waals surface area contributed by atoms with E-state index in [2.05, 4.69) is 10.3 Å². The number of nitrogens with two attached hydrogens (primary N) is 1. The van der Waals surface area contributed by atoms with E-state index in [1.54, 1.807) is 0 Å². The summed E-state index contributed by atoms with van der Waals surface area (Å²) in [5, 5.41) is 25.1. The van der Waals surface area contributed by atoms with Gasteiger partial charge < -0.3 is 16.2 Å². The molecule has 1 aromatic carbocycles. The van der Waals surface area contributed by atoms with Crippen LogP contribution in [0.4, 0.5) is 11.4 Å². The molecule has 0 saturated heterocycles. The minimum atomic E-state index is -0.684. The zero-order valence-corrected chi connectivity index (χ0v) is 11.6. The van der Waals surface area contributed by atoms with Crippen LogP contribution in [0.25, 0.3) is 0 Å². The maximum Gasteiger partial charge on any atom is 0.296 e. The lowest BCUT2D eigenvalue weighted by Crippen LogP contribution is -2.14. The first-order chi connectivity index (χ1) is 10.0. The highest BCUT2D eigenvalue weighted by atomic mass is 32.1. The van der Waals surface area contributed by atoms with Crippen LogP contribution in [0.15, 0.2) is 23.6 Å². The van der Waals surface area contributed by atoms with Gasteiger partial charge in [0.1, 0.15) is 11.4 Å². The van der Waals surface area contributed by atoms with E-state index in [-0.39, 0.29) is 22.8 Å². The number of thiazole rings is 1. The molecule has 2 rings (SSSR count). The number of para-hydroxylation sites is 1. The van der Waals surface area contributed by atoms with Crippen molar-refractivity contribution in [3.8, 4) is 5.75 Å². The van der Waals surface area contributed by atoms with Gasteiger partial charge in [-0.1, -0.05) is 6.07 Å². The lowest BCUT2D eigenvalue weighted by molar-refractivity contribution is -0.384. The van der Waals surface area contributed by atoms with E-state index in [9.17, 15) is 20.0 Å². The predicted molar refractivity (Wildman–Crippen MR) is 77.6 cm³/mol. The van der Waals surface area contributed by atoms with E-state index >= 15 is 0 Å². The van der Waals surface area contributed by atoms with Crippen molar-refractivity contribution in [1.29, 1.82) is 0 Å². The number of nitro groups is 1. The molecule has 1 heterocycles. The van der Waals surface area contributed by atoms with Crippen LogP contribution in [-0.2, 0) is 6.42 Å². The van der Waals surface area contributed by atoms with Crippen molar-refractivity contribution in [3.05, 3.63) is 44.4 Å². The molecule has 0 bridgehead atoms. The first-order valence-electron chi connectivity index (χ1n) is 5.95. The number of nitrogens with zero attached hydrogens (tertiary/aromatic N) is 2. The molecule has 21 heavy (non-hydrogen) atoms. The number of nitrogens with one attached hydrogen (secondary N) is 1. The molecule has 0 aliphatic heterocycles. The zero-order valence-electron chi connectivity index (χ0n) is 10.8. The molecule has 1 aromatic heterocycles. The summed E-state index contributed by atoms with van der Waals surface area (Å²) in [7, 11) is 0. The molecule has 0 atom stereocenters. The quantitative estimate of drug-likeness (QED) is 0.436. The predicted octanol–water partition coefficient (Wildman–Crippen LogP) is 1.51. The van der Waals surface area contributed by atoms with E-state index in [4.69, 9.17) is 5.73 Å². The Balaban J connectivity index is 2.25. The summed E-state index contributed by atoms with van der Waals surface area (Å²) in [5.41, 5.74) is 4.89. The third-order valence-corrected chi connectivity index (χ3v) is 3.51. The van der Waals surface area contributed by atoms with Crippen LogP contribution in [0.1, 0.15) is 15.5 Å². The molecule has 110 valence electrons. The van der Waals surface area contributed by atoms with Gasteiger partial charge in [-0.3, -0.25) is 14.9 Å². The van der Waals surface area contributed by atoms with Gasteiger partial charge >= 0.3 is 0 Å². The number of phenolic OH excluding ortho intramolecular Hbond substituents is 1. The number of hydrogen-bond acceptors (Lipinski definition) is 7. The first kappa shape index (κ1) is 14.9. The number of hydrogen-bond donors (Lipinski definition) is 3. The highest BCUT2D eigenvalue weighted by molar-refractivity contribution is 7.09. The zero-order chi connectivity index (χ0) is 15.4. The minimum Gasteiger partial charge on any atom is -0.505 e. The highest BCUT2D eigenvalue weighted by Crippen LogP contribution is 2.33. The van der Waals surface area contributed by atoms with E-state index < -0.39 is 10.8 Å². The number of amides is 1. The smallest absolute Gasteiger partial charge is 0.296 e. The number of aromatic hydroxyl groups is 1. The fourth-order valence-corrected chi connectivity index (χ4v) is 2.43. The molecule has 0 fully saturated rings. The van der Waals surface area contributed by atoms with Gasteiger partial charge in [0.2, 0.25) is 0 Å². The molecule has 0 saturated carbocycles. The van der Waals surface area contributed by atoms with E-state index in [1.165, 1.54) is 34.9 Å². The van der Waals surface area contributed by atoms with Gasteiger partial charge in [-0.15, -0.1) is 11.3 Å². The Bertz CT molecular complexity index is 686. The molecule has 0 spiro atoms. The Hall–Kier alpha value is -2.52. The highest BCUT2D eigenvalue weighted by Gasteiger charge is 2.21. The lowest BCUT2D eigenvalue weighted by Gasteiger charge is -2.06. The summed E-state index contributed by atoms with van der Waals surface area (Å²) < 4.78 is 0. The second-order valence-electron chi connectivity index (χ2n) is 4.05. The molecule has 9 heteroatoms. The number of anilines is 1. The fourth-order valence-electron chi connectivity index (χ4n) is 1.64. The van der Waals surface area contributed by atoms with Crippen molar-refractivity contribution in [2.24, 2.45) is 5.73 Å². The van der Waals surface area contributed by atoms with Crippen LogP contribution < -0.4 is 11.1 Å². The van der Waals surface area contributed by atoms with Crippen molar-refractivity contribution >= 4 is 28.6 Å². The van der Waals surface area contributed by atoms with Crippen molar-refractivity contribution in [3.63, 3.8) is 0 Å². The van der Waals surface area contributed by atoms with Crippen molar-refractivity contribution < 1.29 is 14.8 Å².